The maximum absolute atomic E-state index is 12.9. The van der Waals surface area contributed by atoms with Gasteiger partial charge < -0.3 is 9.80 Å². The van der Waals surface area contributed by atoms with Crippen molar-refractivity contribution in [2.45, 2.75) is 19.0 Å². The molecule has 1 aliphatic rings. The molecule has 0 bridgehead atoms. The quantitative estimate of drug-likeness (QED) is 0.697. The Hall–Kier alpha value is -3.16. The highest BCUT2D eigenvalue weighted by atomic mass is 19.4. The van der Waals surface area contributed by atoms with Crippen molar-refractivity contribution < 1.29 is 27.6 Å². The average Bonchev–Trinajstić information content (AvgIpc) is 2.77. The summed E-state index contributed by atoms with van der Waals surface area (Å²) in [6.07, 6.45) is -4.33. The van der Waals surface area contributed by atoms with Crippen molar-refractivity contribution in [1.82, 2.24) is 9.80 Å². The molecule has 8 heteroatoms. The van der Waals surface area contributed by atoms with E-state index >= 15 is 0 Å². The highest BCUT2D eigenvalue weighted by molar-refractivity contribution is 5.98. The van der Waals surface area contributed by atoms with Gasteiger partial charge >= 0.3 is 6.18 Å². The van der Waals surface area contributed by atoms with Crippen molar-refractivity contribution in [3.63, 3.8) is 0 Å². The zero-order valence-corrected chi connectivity index (χ0v) is 16.2. The van der Waals surface area contributed by atoms with Crippen LogP contribution in [0.5, 0.6) is 0 Å². The second-order valence-electron chi connectivity index (χ2n) is 7.04. The Morgan fingerprint density at radius 1 is 0.767 bits per heavy atom. The summed E-state index contributed by atoms with van der Waals surface area (Å²) >= 11 is 0. The number of halogens is 3. The molecule has 1 aliphatic heterocycles. The van der Waals surface area contributed by atoms with Gasteiger partial charge in [0.05, 0.1) is 5.56 Å². The minimum absolute atomic E-state index is 0.0296. The molecule has 0 unspecified atom stereocenters. The van der Waals surface area contributed by atoms with E-state index in [0.29, 0.717) is 5.56 Å². The van der Waals surface area contributed by atoms with Crippen LogP contribution in [0.3, 0.4) is 0 Å². The van der Waals surface area contributed by atoms with Crippen LogP contribution in [0.2, 0.25) is 0 Å². The molecule has 0 saturated carbocycles. The van der Waals surface area contributed by atoms with E-state index in [4.69, 9.17) is 0 Å². The molecule has 0 spiro atoms. The van der Waals surface area contributed by atoms with Crippen LogP contribution in [0.15, 0.2) is 54.6 Å². The van der Waals surface area contributed by atoms with E-state index in [9.17, 15) is 27.6 Å². The van der Waals surface area contributed by atoms with Crippen LogP contribution >= 0.6 is 0 Å². The number of hydrogen-bond donors (Lipinski definition) is 0. The maximum atomic E-state index is 12.9. The molecule has 0 aliphatic carbocycles. The Labute approximate surface area is 172 Å². The normalized spacial score (nSPS) is 14.5. The third kappa shape index (κ3) is 5.25. The van der Waals surface area contributed by atoms with Gasteiger partial charge in [-0.3, -0.25) is 14.4 Å². The number of Topliss-reactive ketones (excluding diaryl/α,β-unsaturated/α-hetero) is 1. The molecule has 2 aromatic rings. The van der Waals surface area contributed by atoms with E-state index in [1.54, 1.807) is 29.2 Å². The third-order valence-electron chi connectivity index (χ3n) is 5.02. The van der Waals surface area contributed by atoms with Crippen molar-refractivity contribution in [3.8, 4) is 0 Å². The van der Waals surface area contributed by atoms with Crippen LogP contribution < -0.4 is 0 Å². The summed E-state index contributed by atoms with van der Waals surface area (Å²) in [4.78, 5) is 40.1. The van der Waals surface area contributed by atoms with Crippen molar-refractivity contribution >= 4 is 17.6 Å². The SMILES string of the molecule is O=C(CCC(=O)N1CCN(C(=O)c2cccc(C(F)(F)F)c2)CC1)c1ccccc1. The van der Waals surface area contributed by atoms with Gasteiger partial charge in [-0.15, -0.1) is 0 Å². The first kappa shape index (κ1) is 21.5. The van der Waals surface area contributed by atoms with E-state index in [1.807, 2.05) is 6.07 Å². The smallest absolute Gasteiger partial charge is 0.339 e. The number of carbonyl (C=O) groups is 3. The first-order valence-corrected chi connectivity index (χ1v) is 9.58. The van der Waals surface area contributed by atoms with Gasteiger partial charge in [-0.05, 0) is 18.2 Å². The van der Waals surface area contributed by atoms with E-state index in [0.717, 1.165) is 12.1 Å². The van der Waals surface area contributed by atoms with Crippen LogP contribution in [0.1, 0.15) is 39.1 Å². The molecule has 0 N–H and O–H groups in total. The monoisotopic (exact) mass is 418 g/mol. The molecule has 2 amide bonds. The summed E-state index contributed by atoms with van der Waals surface area (Å²) in [5.74, 6) is -0.778. The molecule has 158 valence electrons. The summed E-state index contributed by atoms with van der Waals surface area (Å²) in [5.41, 5.74) is -0.342. The predicted molar refractivity (Wildman–Crippen MR) is 104 cm³/mol. The van der Waals surface area contributed by atoms with Gasteiger partial charge in [0.25, 0.3) is 5.91 Å². The summed E-state index contributed by atoms with van der Waals surface area (Å²) in [7, 11) is 0. The van der Waals surface area contributed by atoms with Crippen molar-refractivity contribution in [2.75, 3.05) is 26.2 Å². The molecule has 0 atom stereocenters. The first-order valence-electron chi connectivity index (χ1n) is 9.58. The third-order valence-corrected chi connectivity index (χ3v) is 5.02. The number of benzene rings is 2. The maximum Gasteiger partial charge on any atom is 0.416 e. The lowest BCUT2D eigenvalue weighted by Crippen LogP contribution is -2.50. The van der Waals surface area contributed by atoms with Gasteiger partial charge in [0.1, 0.15) is 0 Å². The van der Waals surface area contributed by atoms with Crippen molar-refractivity contribution in [3.05, 3.63) is 71.3 Å². The highest BCUT2D eigenvalue weighted by Crippen LogP contribution is 2.29. The highest BCUT2D eigenvalue weighted by Gasteiger charge is 2.32. The van der Waals surface area contributed by atoms with Crippen LogP contribution in [0.4, 0.5) is 13.2 Å². The van der Waals surface area contributed by atoms with Crippen LogP contribution in [0.25, 0.3) is 0 Å². The first-order chi connectivity index (χ1) is 14.3. The molecular weight excluding hydrogens is 397 g/mol. The molecule has 2 aromatic carbocycles. The molecule has 1 saturated heterocycles. The van der Waals surface area contributed by atoms with E-state index < -0.39 is 17.6 Å². The molecule has 0 radical (unpaired) electrons. The Morgan fingerprint density at radius 3 is 2.00 bits per heavy atom. The molecule has 3 rings (SSSR count). The lowest BCUT2D eigenvalue weighted by atomic mass is 10.1. The van der Waals surface area contributed by atoms with E-state index in [-0.39, 0.29) is 56.3 Å². The summed E-state index contributed by atoms with van der Waals surface area (Å²) in [6.45, 7) is 1.02. The average molecular weight is 418 g/mol. The molecule has 1 heterocycles. The standard InChI is InChI=1S/C22H21F3N2O3/c23-22(24,25)18-8-4-7-17(15-18)21(30)27-13-11-26(12-14-27)20(29)10-9-19(28)16-5-2-1-3-6-16/h1-8,15H,9-14H2. The number of piperazine rings is 1. The number of amides is 2. The van der Waals surface area contributed by atoms with Crippen molar-refractivity contribution in [1.29, 1.82) is 0 Å². The van der Waals surface area contributed by atoms with Crippen molar-refractivity contribution in [2.24, 2.45) is 0 Å². The fourth-order valence-electron chi connectivity index (χ4n) is 3.32. The summed E-state index contributed by atoms with van der Waals surface area (Å²) < 4.78 is 38.6. The van der Waals surface area contributed by atoms with Gasteiger partial charge in [0.15, 0.2) is 5.78 Å². The molecule has 5 nitrogen and oxygen atoms in total. The van der Waals surface area contributed by atoms with Gasteiger partial charge in [-0.25, -0.2) is 0 Å². The number of alkyl halides is 3. The summed E-state index contributed by atoms with van der Waals surface area (Å²) in [6, 6.07) is 13.0. The molecule has 1 fully saturated rings. The predicted octanol–water partition coefficient (Wildman–Crippen LogP) is 3.65. The van der Waals surface area contributed by atoms with Gasteiger partial charge in [-0.1, -0.05) is 36.4 Å². The summed E-state index contributed by atoms with van der Waals surface area (Å²) in [5, 5.41) is 0. The number of rotatable bonds is 5. The van der Waals surface area contributed by atoms with Gasteiger partial charge in [-0.2, -0.15) is 13.2 Å². The fourth-order valence-corrected chi connectivity index (χ4v) is 3.32. The molecule has 30 heavy (non-hydrogen) atoms. The zero-order chi connectivity index (χ0) is 21.7. The number of ketones is 1. The minimum Gasteiger partial charge on any atom is -0.339 e. The molecule has 0 aromatic heterocycles. The number of carbonyl (C=O) groups excluding carboxylic acids is 3. The largest absolute Gasteiger partial charge is 0.416 e. The van der Waals surface area contributed by atoms with E-state index in [1.165, 1.54) is 17.0 Å². The second-order valence-corrected chi connectivity index (χ2v) is 7.04. The lowest BCUT2D eigenvalue weighted by Gasteiger charge is -2.35. The Morgan fingerprint density at radius 2 is 1.37 bits per heavy atom. The number of hydrogen-bond acceptors (Lipinski definition) is 3. The van der Waals surface area contributed by atoms with Crippen LogP contribution in [0, 0.1) is 0 Å². The Balaban J connectivity index is 1.51. The van der Waals surface area contributed by atoms with Gasteiger partial charge in [0, 0.05) is 50.1 Å². The minimum atomic E-state index is -4.52. The van der Waals surface area contributed by atoms with Crippen LogP contribution in [-0.4, -0.2) is 53.6 Å². The zero-order valence-electron chi connectivity index (χ0n) is 16.2. The van der Waals surface area contributed by atoms with Crippen LogP contribution in [-0.2, 0) is 11.0 Å². The Kier molecular flexibility index (Phi) is 6.54. The number of nitrogens with zero attached hydrogens (tertiary/aromatic N) is 2. The Bertz CT molecular complexity index is 921. The molecular formula is C22H21F3N2O3. The second kappa shape index (κ2) is 9.11. The van der Waals surface area contributed by atoms with Gasteiger partial charge in [0.2, 0.25) is 5.91 Å². The lowest BCUT2D eigenvalue weighted by molar-refractivity contribution is -0.137. The fraction of sp³-hybridized carbons (Fsp3) is 0.318. The topological polar surface area (TPSA) is 57.7 Å². The van der Waals surface area contributed by atoms with E-state index in [2.05, 4.69) is 0 Å².